The van der Waals surface area contributed by atoms with Crippen LogP contribution in [0.4, 0.5) is 0 Å². The van der Waals surface area contributed by atoms with E-state index in [1.54, 1.807) is 6.20 Å². The Morgan fingerprint density at radius 3 is 2.67 bits per heavy atom. The molecule has 196 valence electrons. The number of hydrogen-bond donors (Lipinski definition) is 0. The van der Waals surface area contributed by atoms with Gasteiger partial charge in [0.1, 0.15) is 17.4 Å². The number of imidazole rings is 1. The van der Waals surface area contributed by atoms with Crippen LogP contribution in [0, 0.1) is 29.7 Å². The van der Waals surface area contributed by atoms with Crippen LogP contribution >= 0.6 is 0 Å². The summed E-state index contributed by atoms with van der Waals surface area (Å²) in [6, 6.07) is 14.2. The normalized spacial score (nSPS) is 23.6. The Hall–Kier alpha value is -4.21. The fourth-order valence-corrected chi connectivity index (χ4v) is 7.16. The molecule has 4 aromatic heterocycles. The third-order valence-corrected chi connectivity index (χ3v) is 9.19. The van der Waals surface area contributed by atoms with Crippen molar-refractivity contribution in [3.8, 4) is 23.4 Å². The van der Waals surface area contributed by atoms with E-state index in [0.717, 1.165) is 72.6 Å². The lowest BCUT2D eigenvalue weighted by Crippen LogP contribution is -2.56. The van der Waals surface area contributed by atoms with Gasteiger partial charge in [0, 0.05) is 59.9 Å². The molecule has 3 aliphatic rings. The standard InChI is InChI=1S/C30H31N9/c1-19(27-5-3-4-8-33-27)9-23-10-21(11-30-34-14-24(13-31)38(23)30)26-15-35-39(20(26)2)25-16-36(17-25)29-12-22-6-7-28(29)37(22)18-32/h3-5,8,10-11,14-15,19,22,25,28-29H,6-7,9,12,16-17H2,1-2H3/t19-,22?,28?,29?/m0/s1. The second-order valence-electron chi connectivity index (χ2n) is 11.3. The molecular formula is C30H31N9. The van der Waals surface area contributed by atoms with Crippen molar-refractivity contribution in [2.45, 2.75) is 69.6 Å². The molecular weight excluding hydrogens is 486 g/mol. The van der Waals surface area contributed by atoms with Crippen molar-refractivity contribution in [3.05, 3.63) is 71.7 Å². The van der Waals surface area contributed by atoms with Gasteiger partial charge < -0.3 is 4.90 Å². The van der Waals surface area contributed by atoms with Crippen molar-refractivity contribution in [2.24, 2.45) is 0 Å². The lowest BCUT2D eigenvalue weighted by molar-refractivity contribution is 0.0368. The zero-order valence-electron chi connectivity index (χ0n) is 22.3. The van der Waals surface area contributed by atoms with E-state index >= 15 is 0 Å². The van der Waals surface area contributed by atoms with E-state index < -0.39 is 0 Å². The van der Waals surface area contributed by atoms with Gasteiger partial charge in [-0.2, -0.15) is 15.6 Å². The molecule has 0 N–H and O–H groups in total. The SMILES string of the molecule is Cc1c(-c2cc(C[C@H](C)c3ccccn3)n3c(C#N)cnc3c2)cnn1C1CN(C2CC3CCC2N3C#N)C1. The van der Waals surface area contributed by atoms with Crippen LogP contribution < -0.4 is 0 Å². The maximum atomic E-state index is 9.73. The zero-order chi connectivity index (χ0) is 26.7. The van der Waals surface area contributed by atoms with Gasteiger partial charge in [0.15, 0.2) is 6.19 Å². The van der Waals surface area contributed by atoms with E-state index in [9.17, 15) is 10.5 Å². The highest BCUT2D eigenvalue weighted by Gasteiger charge is 2.50. The molecule has 0 spiro atoms. The van der Waals surface area contributed by atoms with Gasteiger partial charge in [0.05, 0.1) is 24.5 Å². The molecule has 3 unspecified atom stereocenters. The van der Waals surface area contributed by atoms with Crippen molar-refractivity contribution in [1.82, 2.24) is 33.9 Å². The molecule has 0 aromatic carbocycles. The van der Waals surface area contributed by atoms with Gasteiger partial charge in [-0.05, 0) is 62.4 Å². The summed E-state index contributed by atoms with van der Waals surface area (Å²) in [4.78, 5) is 13.7. The predicted molar refractivity (Wildman–Crippen MR) is 145 cm³/mol. The Bertz CT molecular complexity index is 1620. The Balaban J connectivity index is 1.15. The average Bonchev–Trinajstić information content (AvgIpc) is 3.70. The summed E-state index contributed by atoms with van der Waals surface area (Å²) < 4.78 is 4.14. The molecule has 0 saturated carbocycles. The third kappa shape index (κ3) is 3.80. The van der Waals surface area contributed by atoms with Crippen LogP contribution in [0.5, 0.6) is 0 Å². The topological polar surface area (TPSA) is 102 Å². The molecule has 4 atom stereocenters. The van der Waals surface area contributed by atoms with E-state index in [-0.39, 0.29) is 5.92 Å². The maximum Gasteiger partial charge on any atom is 0.179 e. The number of nitrogens with zero attached hydrogens (tertiary/aromatic N) is 9. The van der Waals surface area contributed by atoms with Crippen molar-refractivity contribution < 1.29 is 0 Å². The molecule has 3 fully saturated rings. The third-order valence-electron chi connectivity index (χ3n) is 9.19. The smallest absolute Gasteiger partial charge is 0.179 e. The van der Waals surface area contributed by atoms with Crippen LogP contribution in [0.1, 0.15) is 60.9 Å². The van der Waals surface area contributed by atoms with Gasteiger partial charge in [0.25, 0.3) is 0 Å². The molecule has 4 aromatic rings. The van der Waals surface area contributed by atoms with E-state index in [1.807, 2.05) is 33.8 Å². The van der Waals surface area contributed by atoms with E-state index in [1.165, 1.54) is 0 Å². The first-order chi connectivity index (χ1) is 19.1. The first-order valence-corrected chi connectivity index (χ1v) is 13.8. The van der Waals surface area contributed by atoms with Crippen LogP contribution in [-0.2, 0) is 6.42 Å². The first kappa shape index (κ1) is 23.9. The van der Waals surface area contributed by atoms with Crippen LogP contribution in [0.3, 0.4) is 0 Å². The summed E-state index contributed by atoms with van der Waals surface area (Å²) in [6.45, 7) is 6.27. The number of rotatable bonds is 6. The second kappa shape index (κ2) is 9.21. The molecule has 39 heavy (non-hydrogen) atoms. The molecule has 0 aliphatic carbocycles. The highest BCUT2D eigenvalue weighted by atomic mass is 15.4. The van der Waals surface area contributed by atoms with Crippen LogP contribution in [0.2, 0.25) is 0 Å². The summed E-state index contributed by atoms with van der Waals surface area (Å²) in [5.74, 6) is 0.186. The van der Waals surface area contributed by atoms with Gasteiger partial charge in [-0.15, -0.1) is 0 Å². The maximum absolute atomic E-state index is 9.73. The molecule has 9 heteroatoms. The Morgan fingerprint density at radius 2 is 1.92 bits per heavy atom. The number of fused-ring (bicyclic) bond motifs is 3. The lowest BCUT2D eigenvalue weighted by atomic mass is 9.91. The van der Waals surface area contributed by atoms with Gasteiger partial charge in [-0.1, -0.05) is 13.0 Å². The largest absolute Gasteiger partial charge is 0.303 e. The highest BCUT2D eigenvalue weighted by molar-refractivity contribution is 5.70. The fourth-order valence-electron chi connectivity index (χ4n) is 7.16. The van der Waals surface area contributed by atoms with E-state index in [0.29, 0.717) is 29.9 Å². The molecule has 3 aliphatic heterocycles. The Morgan fingerprint density at radius 1 is 1.05 bits per heavy atom. The fraction of sp³-hybridized carbons (Fsp3) is 0.433. The van der Waals surface area contributed by atoms with Crippen molar-refractivity contribution in [3.63, 3.8) is 0 Å². The Kier molecular flexibility index (Phi) is 5.64. The van der Waals surface area contributed by atoms with Crippen LogP contribution in [-0.4, -0.2) is 65.2 Å². The van der Waals surface area contributed by atoms with Gasteiger partial charge in [0.2, 0.25) is 0 Å². The van der Waals surface area contributed by atoms with Crippen LogP contribution in [0.25, 0.3) is 16.8 Å². The Labute approximate surface area is 227 Å². The number of hydrogen-bond acceptors (Lipinski definition) is 7. The van der Waals surface area contributed by atoms with Gasteiger partial charge in [-0.3, -0.25) is 19.0 Å². The van der Waals surface area contributed by atoms with Crippen molar-refractivity contribution in [2.75, 3.05) is 13.1 Å². The van der Waals surface area contributed by atoms with Gasteiger partial charge in [-0.25, -0.2) is 4.98 Å². The van der Waals surface area contributed by atoms with E-state index in [4.69, 9.17) is 5.10 Å². The first-order valence-electron chi connectivity index (χ1n) is 13.8. The zero-order valence-corrected chi connectivity index (χ0v) is 22.3. The quantitative estimate of drug-likeness (QED) is 0.355. The molecule has 3 saturated heterocycles. The minimum absolute atomic E-state index is 0.186. The minimum Gasteiger partial charge on any atom is -0.303 e. The molecule has 7 rings (SSSR count). The monoisotopic (exact) mass is 517 g/mol. The van der Waals surface area contributed by atoms with E-state index in [2.05, 4.69) is 63.9 Å². The molecule has 9 nitrogen and oxygen atoms in total. The summed E-state index contributed by atoms with van der Waals surface area (Å²) in [5, 5.41) is 24.1. The number of nitriles is 2. The summed E-state index contributed by atoms with van der Waals surface area (Å²) in [5.41, 5.74) is 6.69. The highest BCUT2D eigenvalue weighted by Crippen LogP contribution is 2.42. The number of pyridine rings is 2. The summed E-state index contributed by atoms with van der Waals surface area (Å²) >= 11 is 0. The molecule has 7 heterocycles. The average molecular weight is 518 g/mol. The second-order valence-corrected chi connectivity index (χ2v) is 11.3. The van der Waals surface area contributed by atoms with Crippen LogP contribution in [0.15, 0.2) is 48.9 Å². The van der Waals surface area contributed by atoms with Gasteiger partial charge >= 0.3 is 0 Å². The lowest BCUT2D eigenvalue weighted by Gasteiger charge is -2.45. The summed E-state index contributed by atoms with van der Waals surface area (Å²) in [7, 11) is 0. The van der Waals surface area contributed by atoms with Crippen molar-refractivity contribution >= 4 is 5.65 Å². The number of likely N-dealkylation sites (tertiary alicyclic amines) is 1. The molecule has 0 amide bonds. The molecule has 2 bridgehead atoms. The predicted octanol–water partition coefficient (Wildman–Crippen LogP) is 4.06. The van der Waals surface area contributed by atoms with Crippen molar-refractivity contribution in [1.29, 1.82) is 10.5 Å². The summed E-state index contributed by atoms with van der Waals surface area (Å²) in [6.07, 6.45) is 12.0. The minimum atomic E-state index is 0.186. The molecule has 0 radical (unpaired) electrons. The number of aromatic nitrogens is 5.